The third-order valence-electron chi connectivity index (χ3n) is 4.04. The van der Waals surface area contributed by atoms with Gasteiger partial charge in [0.1, 0.15) is 0 Å². The van der Waals surface area contributed by atoms with Crippen LogP contribution < -0.4 is 4.74 Å². The predicted octanol–water partition coefficient (Wildman–Crippen LogP) is 3.65. The van der Waals surface area contributed by atoms with Gasteiger partial charge in [0.05, 0.1) is 13.2 Å². The Kier molecular flexibility index (Phi) is 9.08. The molecule has 1 atom stereocenters. The predicted molar refractivity (Wildman–Crippen MR) is 92.6 cm³/mol. The fourth-order valence-corrected chi connectivity index (χ4v) is 2.52. The molecular formula is C19H28O5. The van der Waals surface area contributed by atoms with E-state index in [1.165, 1.54) is 44.6 Å². The highest BCUT2D eigenvalue weighted by molar-refractivity contribution is 6.43. The van der Waals surface area contributed by atoms with Crippen LogP contribution in [0.5, 0.6) is 11.5 Å². The molecule has 0 aliphatic rings. The maximum Gasteiger partial charge on any atom is 0.228 e. The zero-order chi connectivity index (χ0) is 17.9. The van der Waals surface area contributed by atoms with Crippen LogP contribution in [0.15, 0.2) is 18.2 Å². The van der Waals surface area contributed by atoms with Crippen molar-refractivity contribution >= 4 is 11.6 Å². The van der Waals surface area contributed by atoms with Crippen LogP contribution in [0.1, 0.15) is 68.6 Å². The molecule has 2 N–H and O–H groups in total. The van der Waals surface area contributed by atoms with Gasteiger partial charge in [-0.05, 0) is 31.0 Å². The number of hydrogen-bond donors (Lipinski definition) is 2. The summed E-state index contributed by atoms with van der Waals surface area (Å²) in [7, 11) is 1.38. The van der Waals surface area contributed by atoms with Gasteiger partial charge in [0.15, 0.2) is 11.5 Å². The fourth-order valence-electron chi connectivity index (χ4n) is 2.52. The first-order chi connectivity index (χ1) is 11.5. The molecule has 1 aromatic carbocycles. The molecule has 0 aromatic heterocycles. The van der Waals surface area contributed by atoms with Crippen molar-refractivity contribution in [2.75, 3.05) is 7.11 Å². The lowest BCUT2D eigenvalue weighted by molar-refractivity contribution is -0.115. The number of benzene rings is 1. The monoisotopic (exact) mass is 336 g/mol. The molecule has 1 unspecified atom stereocenters. The zero-order valence-electron chi connectivity index (χ0n) is 14.6. The van der Waals surface area contributed by atoms with Gasteiger partial charge >= 0.3 is 0 Å². The molecule has 0 spiro atoms. The Balaban J connectivity index is 2.40. The molecule has 0 amide bonds. The average Bonchev–Trinajstić information content (AvgIpc) is 2.59. The van der Waals surface area contributed by atoms with Crippen LogP contribution in [0.4, 0.5) is 0 Å². The molecule has 134 valence electrons. The highest BCUT2D eigenvalue weighted by Gasteiger charge is 2.19. The van der Waals surface area contributed by atoms with Gasteiger partial charge < -0.3 is 14.9 Å². The first-order valence-corrected chi connectivity index (χ1v) is 8.62. The Morgan fingerprint density at radius 3 is 2.50 bits per heavy atom. The van der Waals surface area contributed by atoms with E-state index in [9.17, 15) is 19.8 Å². The van der Waals surface area contributed by atoms with Gasteiger partial charge in [-0.3, -0.25) is 9.59 Å². The summed E-state index contributed by atoms with van der Waals surface area (Å²) in [5.41, 5.74) is 0.184. The van der Waals surface area contributed by atoms with Crippen molar-refractivity contribution in [1.82, 2.24) is 0 Å². The summed E-state index contributed by atoms with van der Waals surface area (Å²) < 4.78 is 4.93. The molecule has 0 saturated carbocycles. The summed E-state index contributed by atoms with van der Waals surface area (Å²) in [6.07, 6.45) is 6.04. The summed E-state index contributed by atoms with van der Waals surface area (Å²) in [6, 6.07) is 4.06. The number of Topliss-reactive ketones (excluding diaryl/α,β-unsaturated/α-hetero) is 2. The Bertz CT molecular complexity index is 539. The molecule has 0 bridgehead atoms. The van der Waals surface area contributed by atoms with Crippen molar-refractivity contribution in [2.45, 2.75) is 64.4 Å². The summed E-state index contributed by atoms with van der Waals surface area (Å²) in [6.45, 7) is 2.15. The van der Waals surface area contributed by atoms with Gasteiger partial charge in [-0.2, -0.15) is 0 Å². The summed E-state index contributed by atoms with van der Waals surface area (Å²) in [5.74, 6) is -1.09. The van der Waals surface area contributed by atoms with Crippen LogP contribution >= 0.6 is 0 Å². The number of aromatic hydroxyl groups is 1. The summed E-state index contributed by atoms with van der Waals surface area (Å²) in [4.78, 5) is 24.1. The van der Waals surface area contributed by atoms with E-state index in [1.54, 1.807) is 0 Å². The van der Waals surface area contributed by atoms with Crippen LogP contribution in [0, 0.1) is 0 Å². The number of rotatable bonds is 12. The topological polar surface area (TPSA) is 83.8 Å². The molecule has 1 aromatic rings. The van der Waals surface area contributed by atoms with Crippen molar-refractivity contribution < 1.29 is 24.5 Å². The molecule has 24 heavy (non-hydrogen) atoms. The number of phenols is 1. The van der Waals surface area contributed by atoms with Crippen molar-refractivity contribution in [3.05, 3.63) is 23.8 Å². The summed E-state index contributed by atoms with van der Waals surface area (Å²) in [5, 5.41) is 19.4. The number of carbonyl (C=O) groups excluding carboxylic acids is 2. The normalized spacial score (nSPS) is 12.0. The second-order valence-corrected chi connectivity index (χ2v) is 6.03. The molecular weight excluding hydrogens is 308 g/mol. The molecule has 0 aliphatic heterocycles. The third kappa shape index (κ3) is 6.71. The van der Waals surface area contributed by atoms with Gasteiger partial charge in [-0.25, -0.2) is 0 Å². The Hall–Kier alpha value is -1.88. The maximum absolute atomic E-state index is 12.1. The summed E-state index contributed by atoms with van der Waals surface area (Å²) >= 11 is 0. The Morgan fingerprint density at radius 1 is 1.12 bits per heavy atom. The number of ether oxygens (including phenoxy) is 1. The zero-order valence-corrected chi connectivity index (χ0v) is 14.6. The van der Waals surface area contributed by atoms with Crippen molar-refractivity contribution in [3.8, 4) is 11.5 Å². The number of hydrogen-bond acceptors (Lipinski definition) is 5. The standard InChI is InChI=1S/C19H28O5/c1-3-4-5-6-7-8-15(20)10-12-17(22)19(23)14-9-11-16(21)18(13-14)24-2/h9,11,13,15,20-21H,3-8,10,12H2,1-2H3. The first-order valence-electron chi connectivity index (χ1n) is 8.62. The van der Waals surface area contributed by atoms with Crippen LogP contribution in [-0.4, -0.2) is 35.0 Å². The molecule has 5 heteroatoms. The van der Waals surface area contributed by atoms with E-state index in [2.05, 4.69) is 6.92 Å². The van der Waals surface area contributed by atoms with Crippen molar-refractivity contribution in [3.63, 3.8) is 0 Å². The number of carbonyl (C=O) groups is 2. The van der Waals surface area contributed by atoms with E-state index in [0.29, 0.717) is 12.8 Å². The maximum atomic E-state index is 12.1. The van der Waals surface area contributed by atoms with Crippen LogP contribution in [0.3, 0.4) is 0 Å². The minimum atomic E-state index is -0.622. The average molecular weight is 336 g/mol. The Morgan fingerprint density at radius 2 is 1.83 bits per heavy atom. The number of aliphatic hydroxyl groups is 1. The van der Waals surface area contributed by atoms with Crippen LogP contribution in [0.25, 0.3) is 0 Å². The van der Waals surface area contributed by atoms with Crippen molar-refractivity contribution in [1.29, 1.82) is 0 Å². The van der Waals surface area contributed by atoms with E-state index in [4.69, 9.17) is 4.74 Å². The molecule has 1 rings (SSSR count). The number of methoxy groups -OCH3 is 1. The van der Waals surface area contributed by atoms with Crippen LogP contribution in [-0.2, 0) is 4.79 Å². The SMILES string of the molecule is CCCCCCCC(O)CCC(=O)C(=O)c1ccc(O)c(OC)c1. The van der Waals surface area contributed by atoms with E-state index >= 15 is 0 Å². The first kappa shape index (κ1) is 20.2. The molecule has 0 fully saturated rings. The van der Waals surface area contributed by atoms with Gasteiger partial charge in [0, 0.05) is 12.0 Å². The van der Waals surface area contributed by atoms with E-state index in [-0.39, 0.29) is 23.5 Å². The highest BCUT2D eigenvalue weighted by atomic mass is 16.5. The Labute approximate surface area is 143 Å². The number of ketones is 2. The van der Waals surface area contributed by atoms with Gasteiger partial charge in [-0.1, -0.05) is 39.0 Å². The van der Waals surface area contributed by atoms with Gasteiger partial charge in [0.2, 0.25) is 11.6 Å². The van der Waals surface area contributed by atoms with E-state index in [0.717, 1.165) is 12.8 Å². The van der Waals surface area contributed by atoms with Crippen molar-refractivity contribution in [2.24, 2.45) is 0 Å². The lowest BCUT2D eigenvalue weighted by atomic mass is 10.00. The third-order valence-corrected chi connectivity index (χ3v) is 4.04. The second-order valence-electron chi connectivity index (χ2n) is 6.03. The molecule has 5 nitrogen and oxygen atoms in total. The number of aliphatic hydroxyl groups excluding tert-OH is 1. The molecule has 0 saturated heterocycles. The van der Waals surface area contributed by atoms with Gasteiger partial charge in [0.25, 0.3) is 0 Å². The smallest absolute Gasteiger partial charge is 0.228 e. The lowest BCUT2D eigenvalue weighted by Gasteiger charge is -2.10. The van der Waals surface area contributed by atoms with E-state index < -0.39 is 17.7 Å². The van der Waals surface area contributed by atoms with Crippen LogP contribution in [0.2, 0.25) is 0 Å². The largest absolute Gasteiger partial charge is 0.504 e. The second kappa shape index (κ2) is 10.8. The number of unbranched alkanes of at least 4 members (excludes halogenated alkanes) is 4. The highest BCUT2D eigenvalue weighted by Crippen LogP contribution is 2.26. The molecule has 0 radical (unpaired) electrons. The van der Waals surface area contributed by atoms with Gasteiger partial charge in [-0.15, -0.1) is 0 Å². The fraction of sp³-hybridized carbons (Fsp3) is 0.579. The molecule has 0 heterocycles. The number of phenolic OH excluding ortho intramolecular Hbond substituents is 1. The minimum Gasteiger partial charge on any atom is -0.504 e. The van der Waals surface area contributed by atoms with E-state index in [1.807, 2.05) is 0 Å². The molecule has 0 aliphatic carbocycles. The quantitative estimate of drug-likeness (QED) is 0.346. The lowest BCUT2D eigenvalue weighted by Crippen LogP contribution is -2.17. The minimum absolute atomic E-state index is 0.0259.